The Morgan fingerprint density at radius 3 is 3.00 bits per heavy atom. The molecule has 64 valence electrons. The van der Waals surface area contributed by atoms with Crippen molar-refractivity contribution in [2.45, 2.75) is 6.42 Å². The SMILES string of the molecule is CNC(=S)CC1C=CC=CC1=O. The van der Waals surface area contributed by atoms with Crippen LogP contribution in [0.25, 0.3) is 0 Å². The highest BCUT2D eigenvalue weighted by Gasteiger charge is 2.15. The lowest BCUT2D eigenvalue weighted by atomic mass is 9.96. The molecule has 2 nitrogen and oxygen atoms in total. The fourth-order valence-corrected chi connectivity index (χ4v) is 1.22. The predicted octanol–water partition coefficient (Wildman–Crippen LogP) is 1.23. The van der Waals surface area contributed by atoms with Gasteiger partial charge in [0, 0.05) is 19.4 Å². The lowest BCUT2D eigenvalue weighted by Gasteiger charge is -2.11. The zero-order chi connectivity index (χ0) is 8.97. The molecule has 1 unspecified atom stereocenters. The minimum absolute atomic E-state index is 0.0602. The lowest BCUT2D eigenvalue weighted by Crippen LogP contribution is -2.22. The van der Waals surface area contributed by atoms with Crippen molar-refractivity contribution >= 4 is 23.0 Å². The van der Waals surface area contributed by atoms with E-state index < -0.39 is 0 Å². The molecular formula is C9H11NOS. The van der Waals surface area contributed by atoms with E-state index in [4.69, 9.17) is 12.2 Å². The molecular weight excluding hydrogens is 170 g/mol. The summed E-state index contributed by atoms with van der Waals surface area (Å²) in [4.78, 5) is 12.0. The minimum atomic E-state index is -0.0602. The molecule has 0 radical (unpaired) electrons. The van der Waals surface area contributed by atoms with E-state index in [9.17, 15) is 4.79 Å². The summed E-state index contributed by atoms with van der Waals surface area (Å²) in [6.45, 7) is 0. The molecule has 1 N–H and O–H groups in total. The van der Waals surface area contributed by atoms with Gasteiger partial charge in [-0.1, -0.05) is 30.4 Å². The van der Waals surface area contributed by atoms with Gasteiger partial charge in [0.1, 0.15) is 0 Å². The summed E-state index contributed by atoms with van der Waals surface area (Å²) < 4.78 is 0. The number of allylic oxidation sites excluding steroid dienone is 4. The van der Waals surface area contributed by atoms with Crippen LogP contribution in [0.5, 0.6) is 0 Å². The maximum Gasteiger partial charge on any atom is 0.162 e. The molecule has 0 aromatic heterocycles. The van der Waals surface area contributed by atoms with Crippen LogP contribution in [-0.2, 0) is 4.79 Å². The van der Waals surface area contributed by atoms with E-state index in [0.717, 1.165) is 4.99 Å². The molecule has 3 heteroatoms. The molecule has 0 aromatic rings. The van der Waals surface area contributed by atoms with Gasteiger partial charge in [-0.2, -0.15) is 0 Å². The third-order valence-corrected chi connectivity index (χ3v) is 2.14. The van der Waals surface area contributed by atoms with Crippen molar-refractivity contribution in [3.63, 3.8) is 0 Å². The van der Waals surface area contributed by atoms with Gasteiger partial charge in [0.2, 0.25) is 0 Å². The van der Waals surface area contributed by atoms with Crippen LogP contribution in [0.2, 0.25) is 0 Å². The second kappa shape index (κ2) is 4.16. The van der Waals surface area contributed by atoms with Crippen LogP contribution < -0.4 is 5.32 Å². The first kappa shape index (κ1) is 9.13. The zero-order valence-electron chi connectivity index (χ0n) is 6.91. The molecule has 1 rings (SSSR count). The number of hydrogen-bond acceptors (Lipinski definition) is 2. The monoisotopic (exact) mass is 181 g/mol. The molecule has 1 atom stereocenters. The Kier molecular flexibility index (Phi) is 3.17. The Bertz CT molecular complexity index is 255. The number of rotatable bonds is 2. The normalized spacial score (nSPS) is 21.1. The van der Waals surface area contributed by atoms with Gasteiger partial charge >= 0.3 is 0 Å². The van der Waals surface area contributed by atoms with Gasteiger partial charge in [-0.15, -0.1) is 0 Å². The van der Waals surface area contributed by atoms with Crippen LogP contribution in [0.4, 0.5) is 0 Å². The van der Waals surface area contributed by atoms with Gasteiger partial charge in [-0.05, 0) is 6.08 Å². The molecule has 12 heavy (non-hydrogen) atoms. The zero-order valence-corrected chi connectivity index (χ0v) is 7.73. The van der Waals surface area contributed by atoms with E-state index in [0.29, 0.717) is 6.42 Å². The van der Waals surface area contributed by atoms with E-state index in [1.165, 1.54) is 0 Å². The van der Waals surface area contributed by atoms with Crippen molar-refractivity contribution in [3.05, 3.63) is 24.3 Å². The fourth-order valence-electron chi connectivity index (χ4n) is 1.04. The minimum Gasteiger partial charge on any atom is -0.383 e. The average molecular weight is 181 g/mol. The van der Waals surface area contributed by atoms with Crippen molar-refractivity contribution in [2.75, 3.05) is 7.05 Å². The van der Waals surface area contributed by atoms with Gasteiger partial charge in [0.05, 0.1) is 4.99 Å². The summed E-state index contributed by atoms with van der Waals surface area (Å²) in [5.41, 5.74) is 0. The number of carbonyl (C=O) groups is 1. The Balaban J connectivity index is 2.53. The van der Waals surface area contributed by atoms with E-state index in [-0.39, 0.29) is 11.7 Å². The molecule has 0 aromatic carbocycles. The maximum absolute atomic E-state index is 11.2. The third kappa shape index (κ3) is 2.27. The number of hydrogen-bond donors (Lipinski definition) is 1. The van der Waals surface area contributed by atoms with E-state index in [2.05, 4.69) is 5.32 Å². The molecule has 0 spiro atoms. The Labute approximate surface area is 77.3 Å². The molecule has 0 amide bonds. The highest BCUT2D eigenvalue weighted by atomic mass is 32.1. The Morgan fingerprint density at radius 2 is 2.42 bits per heavy atom. The summed E-state index contributed by atoms with van der Waals surface area (Å²) in [5, 5.41) is 2.85. The van der Waals surface area contributed by atoms with Crippen molar-refractivity contribution in [3.8, 4) is 0 Å². The quantitative estimate of drug-likeness (QED) is 0.650. The predicted molar refractivity (Wildman–Crippen MR) is 53.1 cm³/mol. The topological polar surface area (TPSA) is 29.1 Å². The number of thiocarbonyl (C=S) groups is 1. The summed E-state index contributed by atoms with van der Waals surface area (Å²) in [5.74, 6) is 0.0741. The summed E-state index contributed by atoms with van der Waals surface area (Å²) in [7, 11) is 1.77. The molecule has 0 saturated heterocycles. The summed E-state index contributed by atoms with van der Waals surface area (Å²) in [6.07, 6.45) is 7.71. The first-order chi connectivity index (χ1) is 5.74. The van der Waals surface area contributed by atoms with E-state index in [1.54, 1.807) is 19.2 Å². The van der Waals surface area contributed by atoms with Gasteiger partial charge in [-0.3, -0.25) is 4.79 Å². The molecule has 0 heterocycles. The largest absolute Gasteiger partial charge is 0.383 e. The van der Waals surface area contributed by atoms with Crippen molar-refractivity contribution in [1.82, 2.24) is 5.32 Å². The van der Waals surface area contributed by atoms with Crippen LogP contribution in [0.1, 0.15) is 6.42 Å². The number of nitrogens with one attached hydrogen (secondary N) is 1. The van der Waals surface area contributed by atoms with Crippen LogP contribution in [0.15, 0.2) is 24.3 Å². The Morgan fingerprint density at radius 1 is 1.67 bits per heavy atom. The summed E-state index contributed by atoms with van der Waals surface area (Å²) >= 11 is 4.97. The van der Waals surface area contributed by atoms with Crippen molar-refractivity contribution < 1.29 is 4.79 Å². The van der Waals surface area contributed by atoms with Gasteiger partial charge in [0.15, 0.2) is 5.78 Å². The molecule has 0 saturated carbocycles. The highest BCUT2D eigenvalue weighted by molar-refractivity contribution is 7.80. The molecule has 0 fully saturated rings. The first-order valence-corrected chi connectivity index (χ1v) is 4.24. The summed E-state index contributed by atoms with van der Waals surface area (Å²) in [6, 6.07) is 0. The number of ketones is 1. The number of carbonyl (C=O) groups excluding carboxylic acids is 1. The maximum atomic E-state index is 11.2. The first-order valence-electron chi connectivity index (χ1n) is 3.83. The van der Waals surface area contributed by atoms with E-state index >= 15 is 0 Å². The van der Waals surface area contributed by atoms with E-state index in [1.807, 2.05) is 12.2 Å². The molecule has 1 aliphatic carbocycles. The van der Waals surface area contributed by atoms with Gasteiger partial charge in [0.25, 0.3) is 0 Å². The second-order valence-corrected chi connectivity index (χ2v) is 3.12. The van der Waals surface area contributed by atoms with Gasteiger partial charge < -0.3 is 5.32 Å². The van der Waals surface area contributed by atoms with Crippen molar-refractivity contribution in [1.29, 1.82) is 0 Å². The van der Waals surface area contributed by atoms with Crippen LogP contribution in [0.3, 0.4) is 0 Å². The van der Waals surface area contributed by atoms with Crippen LogP contribution in [-0.4, -0.2) is 17.8 Å². The van der Waals surface area contributed by atoms with Crippen LogP contribution >= 0.6 is 12.2 Å². The lowest BCUT2D eigenvalue weighted by molar-refractivity contribution is -0.116. The standard InChI is InChI=1S/C9H11NOS/c1-10-9(12)6-7-4-2-3-5-8(7)11/h2-5,7H,6H2,1H3,(H,10,12). The van der Waals surface area contributed by atoms with Crippen LogP contribution in [0, 0.1) is 5.92 Å². The second-order valence-electron chi connectivity index (χ2n) is 2.63. The van der Waals surface area contributed by atoms with Gasteiger partial charge in [-0.25, -0.2) is 0 Å². The third-order valence-electron chi connectivity index (χ3n) is 1.76. The molecule has 0 aliphatic heterocycles. The average Bonchev–Trinajstić information content (AvgIpc) is 2.09. The highest BCUT2D eigenvalue weighted by Crippen LogP contribution is 2.12. The van der Waals surface area contributed by atoms with Crippen molar-refractivity contribution in [2.24, 2.45) is 5.92 Å². The fraction of sp³-hybridized carbons (Fsp3) is 0.333. The smallest absolute Gasteiger partial charge is 0.162 e. The Hall–Kier alpha value is -0.960. The molecule has 0 bridgehead atoms. The molecule has 1 aliphatic rings.